The number of carbonyl (C=O) groups excluding carboxylic acids is 2. The van der Waals surface area contributed by atoms with Gasteiger partial charge in [0, 0.05) is 14.1 Å². The van der Waals surface area contributed by atoms with Gasteiger partial charge in [-0.05, 0) is 4.99 Å². The Balaban J connectivity index is 2.14. The molecule has 0 bridgehead atoms. The zero-order valence-electron chi connectivity index (χ0n) is 12.4. The molecular formula is C13H18BrN4O4+. The van der Waals surface area contributed by atoms with E-state index in [2.05, 4.69) is 27.5 Å². The second kappa shape index (κ2) is 6.67. The third kappa shape index (κ3) is 2.96. The van der Waals surface area contributed by atoms with Gasteiger partial charge in [0.25, 0.3) is 17.8 Å². The van der Waals surface area contributed by atoms with Gasteiger partial charge in [-0.15, -0.1) is 6.58 Å². The quantitative estimate of drug-likeness (QED) is 0.297. The Labute approximate surface area is 136 Å². The van der Waals surface area contributed by atoms with Gasteiger partial charge in [0.2, 0.25) is 0 Å². The lowest BCUT2D eigenvalue weighted by molar-refractivity contribution is -0.541. The van der Waals surface area contributed by atoms with Gasteiger partial charge in [0.05, 0.1) is 29.1 Å². The van der Waals surface area contributed by atoms with Crippen molar-refractivity contribution in [1.29, 1.82) is 0 Å². The SMILES string of the molecule is C=CCOCC(O)C[N+]1=C(Br)N=C2C1C(=O)N(C)C(=O)N2C. The van der Waals surface area contributed by atoms with Crippen molar-refractivity contribution < 1.29 is 24.0 Å². The maximum atomic E-state index is 12.4. The minimum Gasteiger partial charge on any atom is -0.387 e. The zero-order valence-corrected chi connectivity index (χ0v) is 14.0. The molecule has 1 fully saturated rings. The van der Waals surface area contributed by atoms with E-state index in [1.165, 1.54) is 11.9 Å². The number of nitrogens with zero attached hydrogens (tertiary/aromatic N) is 4. The first-order valence-electron chi connectivity index (χ1n) is 6.68. The van der Waals surface area contributed by atoms with Crippen LogP contribution in [0.25, 0.3) is 0 Å². The van der Waals surface area contributed by atoms with E-state index in [0.29, 0.717) is 17.2 Å². The number of urea groups is 1. The molecule has 2 rings (SSSR count). The Morgan fingerprint density at radius 2 is 2.18 bits per heavy atom. The van der Waals surface area contributed by atoms with Crippen LogP contribution < -0.4 is 0 Å². The highest BCUT2D eigenvalue weighted by molar-refractivity contribution is 9.18. The van der Waals surface area contributed by atoms with Gasteiger partial charge in [-0.1, -0.05) is 6.08 Å². The molecule has 2 heterocycles. The fourth-order valence-corrected chi connectivity index (χ4v) is 2.85. The van der Waals surface area contributed by atoms with Crippen LogP contribution in [0, 0.1) is 0 Å². The monoisotopic (exact) mass is 373 g/mol. The smallest absolute Gasteiger partial charge is 0.364 e. The minimum absolute atomic E-state index is 0.115. The molecule has 0 aromatic rings. The van der Waals surface area contributed by atoms with Crippen LogP contribution in [0.15, 0.2) is 17.6 Å². The molecule has 1 N–H and O–H groups in total. The van der Waals surface area contributed by atoms with Crippen LogP contribution >= 0.6 is 15.9 Å². The first kappa shape index (κ1) is 16.8. The Morgan fingerprint density at radius 1 is 1.50 bits per heavy atom. The average molecular weight is 374 g/mol. The molecule has 1 saturated heterocycles. The molecule has 2 unspecified atom stereocenters. The Hall–Kier alpha value is -1.58. The van der Waals surface area contributed by atoms with E-state index in [1.54, 1.807) is 17.7 Å². The van der Waals surface area contributed by atoms with Crippen LogP contribution in [0.4, 0.5) is 4.79 Å². The van der Waals surface area contributed by atoms with Crippen molar-refractivity contribution in [1.82, 2.24) is 9.80 Å². The van der Waals surface area contributed by atoms with E-state index in [1.807, 2.05) is 0 Å². The largest absolute Gasteiger partial charge is 0.387 e. The van der Waals surface area contributed by atoms with Crippen molar-refractivity contribution in [3.63, 3.8) is 0 Å². The lowest BCUT2D eigenvalue weighted by atomic mass is 10.1. The highest BCUT2D eigenvalue weighted by Gasteiger charge is 2.52. The first-order chi connectivity index (χ1) is 10.4. The van der Waals surface area contributed by atoms with Gasteiger partial charge in [0.1, 0.15) is 12.6 Å². The number of fused-ring (bicyclic) bond motifs is 1. The molecule has 9 heteroatoms. The van der Waals surface area contributed by atoms with Gasteiger partial charge in [-0.3, -0.25) is 14.6 Å². The van der Waals surface area contributed by atoms with E-state index < -0.39 is 18.2 Å². The molecule has 2 atom stereocenters. The number of hydrogen-bond acceptors (Lipinski definition) is 5. The molecule has 0 aromatic heterocycles. The number of hydrogen-bond donors (Lipinski definition) is 1. The second-order valence-corrected chi connectivity index (χ2v) is 5.72. The molecule has 2 aliphatic heterocycles. The minimum atomic E-state index is -0.803. The topological polar surface area (TPSA) is 85.5 Å². The van der Waals surface area contributed by atoms with Crippen LogP contribution in [-0.2, 0) is 9.53 Å². The summed E-state index contributed by atoms with van der Waals surface area (Å²) < 4.78 is 7.21. The van der Waals surface area contributed by atoms with Crippen molar-refractivity contribution in [2.45, 2.75) is 12.1 Å². The summed E-state index contributed by atoms with van der Waals surface area (Å²) >= 11 is 3.28. The van der Waals surface area contributed by atoms with E-state index in [9.17, 15) is 14.7 Å². The lowest BCUT2D eigenvalue weighted by Crippen LogP contribution is -2.62. The van der Waals surface area contributed by atoms with Crippen LogP contribution in [0.1, 0.15) is 0 Å². The summed E-state index contributed by atoms with van der Waals surface area (Å²) in [6.45, 7) is 4.13. The van der Waals surface area contributed by atoms with Gasteiger partial charge >= 0.3 is 10.8 Å². The summed E-state index contributed by atoms with van der Waals surface area (Å²) in [6, 6.07) is -1.16. The summed E-state index contributed by atoms with van der Waals surface area (Å²) in [6.07, 6.45) is 0.787. The van der Waals surface area contributed by atoms with Gasteiger partial charge < -0.3 is 9.84 Å². The molecule has 0 aliphatic carbocycles. The first-order valence-corrected chi connectivity index (χ1v) is 7.47. The van der Waals surface area contributed by atoms with E-state index >= 15 is 0 Å². The second-order valence-electron chi connectivity index (χ2n) is 5.01. The Bertz CT molecular complexity index is 574. The fourth-order valence-electron chi connectivity index (χ4n) is 2.32. The molecular weight excluding hydrogens is 356 g/mol. The van der Waals surface area contributed by atoms with Gasteiger partial charge in [-0.2, -0.15) is 0 Å². The molecule has 3 amide bonds. The third-order valence-corrected chi connectivity index (χ3v) is 4.07. The van der Waals surface area contributed by atoms with Crippen molar-refractivity contribution in [3.8, 4) is 0 Å². The molecule has 0 saturated carbocycles. The Kier molecular flexibility index (Phi) is 5.09. The molecule has 0 radical (unpaired) electrons. The maximum Gasteiger partial charge on any atom is 0.364 e. The molecule has 22 heavy (non-hydrogen) atoms. The summed E-state index contributed by atoms with van der Waals surface area (Å²) in [5.41, 5.74) is 0. The van der Waals surface area contributed by atoms with E-state index in [-0.39, 0.29) is 19.1 Å². The molecule has 0 aromatic carbocycles. The van der Waals surface area contributed by atoms with Crippen LogP contribution in [0.2, 0.25) is 0 Å². The van der Waals surface area contributed by atoms with Crippen LogP contribution in [-0.4, -0.2) is 88.0 Å². The number of likely N-dealkylation sites (N-methyl/N-ethyl adjacent to an activating group) is 2. The Morgan fingerprint density at radius 3 is 2.82 bits per heavy atom. The number of β-amino-alcohol motifs (C(OH)–C–C–N with tert-alkyl or cyclic N) is 1. The van der Waals surface area contributed by atoms with Crippen molar-refractivity contribution >= 4 is 38.4 Å². The number of ether oxygens (including phenoxy) is 1. The van der Waals surface area contributed by atoms with Crippen LogP contribution in [0.5, 0.6) is 0 Å². The number of aliphatic hydroxyl groups excluding tert-OH is 1. The lowest BCUT2D eigenvalue weighted by Gasteiger charge is -2.30. The average Bonchev–Trinajstić information content (AvgIpc) is 2.80. The van der Waals surface area contributed by atoms with Gasteiger partial charge in [-0.25, -0.2) is 9.37 Å². The van der Waals surface area contributed by atoms with E-state index in [4.69, 9.17) is 4.74 Å². The number of aliphatic imine (C=N–C) groups is 1. The molecule has 2 aliphatic rings. The van der Waals surface area contributed by atoms with Crippen molar-refractivity contribution in [3.05, 3.63) is 12.7 Å². The number of amidine groups is 2. The van der Waals surface area contributed by atoms with E-state index in [0.717, 1.165) is 4.90 Å². The number of aliphatic hydroxyl groups is 1. The summed E-state index contributed by atoms with van der Waals surface area (Å²) in [5, 5.41) is 10.0. The predicted octanol–water partition coefficient (Wildman–Crippen LogP) is -0.382. The van der Waals surface area contributed by atoms with Crippen molar-refractivity contribution in [2.75, 3.05) is 33.9 Å². The summed E-state index contributed by atoms with van der Waals surface area (Å²) in [7, 11) is 2.98. The number of carbonyl (C=O) groups is 2. The zero-order chi connectivity index (χ0) is 16.4. The number of halogens is 1. The number of rotatable bonds is 6. The van der Waals surface area contributed by atoms with Crippen LogP contribution in [0.3, 0.4) is 0 Å². The molecule has 120 valence electrons. The highest BCUT2D eigenvalue weighted by Crippen LogP contribution is 2.20. The number of imide groups is 1. The third-order valence-electron chi connectivity index (χ3n) is 3.44. The van der Waals surface area contributed by atoms with Gasteiger partial charge in [0.15, 0.2) is 0 Å². The number of amides is 3. The highest BCUT2D eigenvalue weighted by atomic mass is 79.9. The van der Waals surface area contributed by atoms with Crippen molar-refractivity contribution in [2.24, 2.45) is 4.99 Å². The fraction of sp³-hybridized carbons (Fsp3) is 0.538. The predicted molar refractivity (Wildman–Crippen MR) is 83.2 cm³/mol. The summed E-state index contributed by atoms with van der Waals surface area (Å²) in [5.74, 6) is -0.0327. The standard InChI is InChI=1S/C13H18BrN4O4/c1-4-5-22-7-8(19)6-18-9-10(15-12(18)14)16(2)13(21)17(3)11(9)20/h4,8-9,19H,1,5-7H2,2-3H3/q+1. The molecule has 8 nitrogen and oxygen atoms in total. The normalized spacial score (nSPS) is 22.9. The molecule has 0 spiro atoms. The maximum absolute atomic E-state index is 12.4. The summed E-state index contributed by atoms with van der Waals surface area (Å²) in [4.78, 5) is 30.9.